The van der Waals surface area contributed by atoms with Gasteiger partial charge in [-0.05, 0) is 38.3 Å². The standard InChI is InChI=1S/C23H29NO2/c1-23(2,3)26-22(25)16-10-11-17-24(18-20-12-6-4-7-13-20)19-21-14-8-5-9-15-21/h4-10,12-16H,11,17-19H2,1-3H3/b16-10+. The van der Waals surface area contributed by atoms with E-state index in [1.165, 1.54) is 17.2 Å². The number of carbonyl (C=O) groups excluding carboxylic acids is 1. The fourth-order valence-electron chi connectivity index (χ4n) is 2.67. The number of hydrogen-bond donors (Lipinski definition) is 0. The van der Waals surface area contributed by atoms with Crippen LogP contribution in [0, 0.1) is 0 Å². The zero-order chi connectivity index (χ0) is 18.8. The predicted molar refractivity (Wildman–Crippen MR) is 107 cm³/mol. The zero-order valence-corrected chi connectivity index (χ0v) is 16.0. The van der Waals surface area contributed by atoms with Crippen LogP contribution in [0.25, 0.3) is 0 Å². The summed E-state index contributed by atoms with van der Waals surface area (Å²) in [5, 5.41) is 0. The number of carbonyl (C=O) groups is 1. The molecule has 0 atom stereocenters. The van der Waals surface area contributed by atoms with Crippen molar-refractivity contribution in [3.63, 3.8) is 0 Å². The van der Waals surface area contributed by atoms with Crippen molar-refractivity contribution in [2.45, 2.75) is 45.9 Å². The first-order chi connectivity index (χ1) is 12.4. The molecule has 0 amide bonds. The van der Waals surface area contributed by atoms with Gasteiger partial charge in [-0.3, -0.25) is 4.90 Å². The molecule has 0 aliphatic rings. The minimum atomic E-state index is -0.450. The lowest BCUT2D eigenvalue weighted by Crippen LogP contribution is -2.24. The minimum absolute atomic E-state index is 0.282. The smallest absolute Gasteiger partial charge is 0.330 e. The first-order valence-corrected chi connectivity index (χ1v) is 9.12. The molecule has 0 spiro atoms. The van der Waals surface area contributed by atoms with E-state index in [4.69, 9.17) is 4.74 Å². The maximum Gasteiger partial charge on any atom is 0.330 e. The van der Waals surface area contributed by atoms with Gasteiger partial charge >= 0.3 is 5.97 Å². The number of rotatable bonds is 8. The van der Waals surface area contributed by atoms with Crippen LogP contribution in [0.1, 0.15) is 38.3 Å². The molecule has 0 aliphatic heterocycles. The molecule has 0 radical (unpaired) electrons. The summed E-state index contributed by atoms with van der Waals surface area (Å²) in [7, 11) is 0. The monoisotopic (exact) mass is 351 g/mol. The molecule has 26 heavy (non-hydrogen) atoms. The molecule has 0 N–H and O–H groups in total. The van der Waals surface area contributed by atoms with E-state index in [0.717, 1.165) is 26.1 Å². The topological polar surface area (TPSA) is 29.5 Å². The summed E-state index contributed by atoms with van der Waals surface area (Å²) in [6.45, 7) is 8.27. The molecule has 3 heteroatoms. The molecule has 0 fully saturated rings. The third kappa shape index (κ3) is 8.13. The average Bonchev–Trinajstić information content (AvgIpc) is 2.59. The maximum absolute atomic E-state index is 11.8. The second-order valence-electron chi connectivity index (χ2n) is 7.41. The number of nitrogens with zero attached hydrogens (tertiary/aromatic N) is 1. The van der Waals surface area contributed by atoms with Crippen molar-refractivity contribution in [1.82, 2.24) is 4.90 Å². The quantitative estimate of drug-likeness (QED) is 0.496. The lowest BCUT2D eigenvalue weighted by atomic mass is 10.1. The van der Waals surface area contributed by atoms with Gasteiger partial charge in [0.25, 0.3) is 0 Å². The molecule has 0 unspecified atom stereocenters. The molecule has 0 heterocycles. The van der Waals surface area contributed by atoms with Gasteiger partial charge in [0.2, 0.25) is 0 Å². The Morgan fingerprint density at radius 2 is 1.42 bits per heavy atom. The molecular formula is C23H29NO2. The second kappa shape index (κ2) is 9.93. The van der Waals surface area contributed by atoms with Crippen molar-refractivity contribution >= 4 is 5.97 Å². The van der Waals surface area contributed by atoms with Gasteiger partial charge in [0.15, 0.2) is 0 Å². The van der Waals surface area contributed by atoms with Crippen molar-refractivity contribution in [3.05, 3.63) is 83.9 Å². The number of esters is 1. The predicted octanol–water partition coefficient (Wildman–Crippen LogP) is 4.98. The van der Waals surface area contributed by atoms with Crippen molar-refractivity contribution in [3.8, 4) is 0 Å². The molecule has 2 aromatic rings. The highest BCUT2D eigenvalue weighted by molar-refractivity contribution is 5.82. The maximum atomic E-state index is 11.8. The molecular weight excluding hydrogens is 322 g/mol. The Balaban J connectivity index is 1.92. The Hall–Kier alpha value is -2.39. The Kier molecular flexibility index (Phi) is 7.61. The Labute approximate surface area is 157 Å². The van der Waals surface area contributed by atoms with Gasteiger partial charge < -0.3 is 4.74 Å². The average molecular weight is 351 g/mol. The van der Waals surface area contributed by atoms with E-state index in [1.807, 2.05) is 39.0 Å². The lowest BCUT2D eigenvalue weighted by Gasteiger charge is -2.22. The summed E-state index contributed by atoms with van der Waals surface area (Å²) >= 11 is 0. The van der Waals surface area contributed by atoms with Crippen LogP contribution in [0.5, 0.6) is 0 Å². The fourth-order valence-corrected chi connectivity index (χ4v) is 2.67. The zero-order valence-electron chi connectivity index (χ0n) is 16.0. The van der Waals surface area contributed by atoms with Crippen LogP contribution < -0.4 is 0 Å². The number of ether oxygens (including phenoxy) is 1. The highest BCUT2D eigenvalue weighted by atomic mass is 16.6. The van der Waals surface area contributed by atoms with Gasteiger partial charge in [0, 0.05) is 25.7 Å². The molecule has 0 aromatic heterocycles. The van der Waals surface area contributed by atoms with E-state index in [9.17, 15) is 4.79 Å². The van der Waals surface area contributed by atoms with Crippen LogP contribution >= 0.6 is 0 Å². The van der Waals surface area contributed by atoms with Gasteiger partial charge in [-0.1, -0.05) is 66.7 Å². The highest BCUT2D eigenvalue weighted by Crippen LogP contribution is 2.11. The van der Waals surface area contributed by atoms with E-state index in [2.05, 4.69) is 53.4 Å². The summed E-state index contributed by atoms with van der Waals surface area (Å²) in [4.78, 5) is 14.2. The first kappa shape index (κ1) is 19.9. The summed E-state index contributed by atoms with van der Waals surface area (Å²) in [6, 6.07) is 20.9. The molecule has 0 saturated heterocycles. The van der Waals surface area contributed by atoms with E-state index < -0.39 is 5.60 Å². The Morgan fingerprint density at radius 1 is 0.923 bits per heavy atom. The van der Waals surface area contributed by atoms with E-state index in [-0.39, 0.29) is 5.97 Å². The van der Waals surface area contributed by atoms with E-state index in [0.29, 0.717) is 0 Å². The fraction of sp³-hybridized carbons (Fsp3) is 0.348. The number of hydrogen-bond acceptors (Lipinski definition) is 3. The molecule has 2 aromatic carbocycles. The molecule has 2 rings (SSSR count). The third-order valence-corrected chi connectivity index (χ3v) is 3.77. The summed E-state index contributed by atoms with van der Waals surface area (Å²) in [5.74, 6) is -0.282. The van der Waals surface area contributed by atoms with Gasteiger partial charge in [0.1, 0.15) is 5.60 Å². The molecule has 0 saturated carbocycles. The summed E-state index contributed by atoms with van der Waals surface area (Å²) in [6.07, 6.45) is 4.24. The van der Waals surface area contributed by atoms with Gasteiger partial charge in [-0.2, -0.15) is 0 Å². The minimum Gasteiger partial charge on any atom is -0.457 e. The molecule has 0 aliphatic carbocycles. The highest BCUT2D eigenvalue weighted by Gasteiger charge is 2.13. The summed E-state index contributed by atoms with van der Waals surface area (Å²) < 4.78 is 5.30. The van der Waals surface area contributed by atoms with Crippen molar-refractivity contribution in [1.29, 1.82) is 0 Å². The van der Waals surface area contributed by atoms with Crippen LogP contribution in [0.2, 0.25) is 0 Å². The van der Waals surface area contributed by atoms with Crippen LogP contribution in [0.4, 0.5) is 0 Å². The van der Waals surface area contributed by atoms with Crippen LogP contribution in [-0.4, -0.2) is 23.0 Å². The van der Waals surface area contributed by atoms with Crippen molar-refractivity contribution in [2.75, 3.05) is 6.54 Å². The largest absolute Gasteiger partial charge is 0.457 e. The number of benzene rings is 2. The van der Waals surface area contributed by atoms with E-state index >= 15 is 0 Å². The Morgan fingerprint density at radius 3 is 1.88 bits per heavy atom. The van der Waals surface area contributed by atoms with E-state index in [1.54, 1.807) is 0 Å². The van der Waals surface area contributed by atoms with Crippen LogP contribution in [-0.2, 0) is 22.6 Å². The van der Waals surface area contributed by atoms with Crippen molar-refractivity contribution in [2.24, 2.45) is 0 Å². The lowest BCUT2D eigenvalue weighted by molar-refractivity contribution is -0.148. The van der Waals surface area contributed by atoms with Gasteiger partial charge in [-0.25, -0.2) is 4.79 Å². The normalized spacial score (nSPS) is 11.8. The second-order valence-corrected chi connectivity index (χ2v) is 7.41. The first-order valence-electron chi connectivity index (χ1n) is 9.12. The van der Waals surface area contributed by atoms with Gasteiger partial charge in [0.05, 0.1) is 0 Å². The molecule has 0 bridgehead atoms. The Bertz CT molecular complexity index is 646. The molecule has 138 valence electrons. The SMILES string of the molecule is CC(C)(C)OC(=O)/C=C/CCN(Cc1ccccc1)Cc1ccccc1. The molecule has 3 nitrogen and oxygen atoms in total. The van der Waals surface area contributed by atoms with Gasteiger partial charge in [-0.15, -0.1) is 0 Å². The van der Waals surface area contributed by atoms with Crippen LogP contribution in [0.15, 0.2) is 72.8 Å². The summed E-state index contributed by atoms with van der Waals surface area (Å²) in [5.41, 5.74) is 2.13. The van der Waals surface area contributed by atoms with Crippen molar-refractivity contribution < 1.29 is 9.53 Å². The third-order valence-electron chi connectivity index (χ3n) is 3.77. The van der Waals surface area contributed by atoms with Crippen LogP contribution in [0.3, 0.4) is 0 Å².